The molecule has 250 valence electrons. The van der Waals surface area contributed by atoms with Crippen LogP contribution in [0.2, 0.25) is 0 Å². The maximum atomic E-state index is 14.2. The molecular weight excluding hydrogens is 586 g/mol. The number of nitrogens with one attached hydrogen (secondary N) is 1. The minimum atomic E-state index is -1.06. The van der Waals surface area contributed by atoms with Crippen molar-refractivity contribution in [2.75, 3.05) is 40.8 Å². The molecule has 9 heteroatoms. The normalized spacial score (nSPS) is 12.7. The number of carbonyl (C=O) groups excluding carboxylic acids is 2. The average Bonchev–Trinajstić information content (AvgIpc) is 3.01. The SMILES string of the molecule is CCCN(CCC)C(=O)c1cc(CN(C)C)cc(C(=O)N(C)[C@@H](Cc2cc(F)cc(F)c2)[C@H](O)CNCc2cccc(CC)c2)c1. The van der Waals surface area contributed by atoms with Crippen molar-refractivity contribution in [3.8, 4) is 0 Å². The van der Waals surface area contributed by atoms with Crippen molar-refractivity contribution in [2.45, 2.75) is 71.7 Å². The molecule has 0 heterocycles. The number of rotatable bonds is 17. The van der Waals surface area contributed by atoms with Gasteiger partial charge in [0.15, 0.2) is 0 Å². The number of amides is 2. The van der Waals surface area contributed by atoms with Crippen LogP contribution in [0.25, 0.3) is 0 Å². The maximum absolute atomic E-state index is 14.2. The van der Waals surface area contributed by atoms with Gasteiger partial charge in [0.1, 0.15) is 11.6 Å². The van der Waals surface area contributed by atoms with E-state index in [0.29, 0.717) is 42.9 Å². The van der Waals surface area contributed by atoms with E-state index in [9.17, 15) is 23.5 Å². The minimum Gasteiger partial charge on any atom is -0.390 e. The molecule has 3 aromatic rings. The Bertz CT molecular complexity index is 1420. The molecular formula is C37H50F2N4O3. The number of benzene rings is 3. The molecule has 2 atom stereocenters. The molecule has 46 heavy (non-hydrogen) atoms. The lowest BCUT2D eigenvalue weighted by molar-refractivity contribution is 0.0440. The molecule has 0 spiro atoms. The third-order valence-corrected chi connectivity index (χ3v) is 7.97. The number of aryl methyl sites for hydroxylation is 1. The van der Waals surface area contributed by atoms with Crippen LogP contribution in [0, 0.1) is 11.6 Å². The Kier molecular flexibility index (Phi) is 14.3. The van der Waals surface area contributed by atoms with Crippen molar-refractivity contribution in [2.24, 2.45) is 0 Å². The number of aliphatic hydroxyl groups excluding tert-OH is 1. The van der Waals surface area contributed by atoms with Crippen LogP contribution < -0.4 is 5.32 Å². The predicted molar refractivity (Wildman–Crippen MR) is 180 cm³/mol. The molecule has 0 aliphatic rings. The Hall–Kier alpha value is -3.66. The zero-order valence-electron chi connectivity index (χ0n) is 28.2. The van der Waals surface area contributed by atoms with Gasteiger partial charge in [-0.2, -0.15) is 0 Å². The van der Waals surface area contributed by atoms with Gasteiger partial charge in [-0.1, -0.05) is 45.0 Å². The molecule has 0 bridgehead atoms. The van der Waals surface area contributed by atoms with E-state index < -0.39 is 29.7 Å². The van der Waals surface area contributed by atoms with Crippen LogP contribution in [0.15, 0.2) is 60.7 Å². The zero-order valence-corrected chi connectivity index (χ0v) is 28.2. The van der Waals surface area contributed by atoms with Crippen molar-refractivity contribution in [3.05, 3.63) is 106 Å². The molecule has 0 saturated carbocycles. The van der Waals surface area contributed by atoms with Gasteiger partial charge in [0, 0.05) is 57.0 Å². The van der Waals surface area contributed by atoms with Crippen LogP contribution in [0.4, 0.5) is 8.78 Å². The number of aliphatic hydroxyl groups is 1. The van der Waals surface area contributed by atoms with Crippen LogP contribution in [-0.2, 0) is 25.9 Å². The highest BCUT2D eigenvalue weighted by Gasteiger charge is 2.29. The van der Waals surface area contributed by atoms with Crippen LogP contribution >= 0.6 is 0 Å². The maximum Gasteiger partial charge on any atom is 0.253 e. The molecule has 7 nitrogen and oxygen atoms in total. The van der Waals surface area contributed by atoms with Crippen LogP contribution in [0.3, 0.4) is 0 Å². The highest BCUT2D eigenvalue weighted by atomic mass is 19.1. The van der Waals surface area contributed by atoms with E-state index in [1.807, 2.05) is 51.0 Å². The lowest BCUT2D eigenvalue weighted by Gasteiger charge is -2.33. The molecule has 0 radical (unpaired) electrons. The summed E-state index contributed by atoms with van der Waals surface area (Å²) in [5.74, 6) is -1.99. The number of carbonyl (C=O) groups is 2. The molecule has 0 aliphatic heterocycles. The molecule has 3 rings (SSSR count). The summed E-state index contributed by atoms with van der Waals surface area (Å²) >= 11 is 0. The van der Waals surface area contributed by atoms with E-state index in [-0.39, 0.29) is 18.9 Å². The third-order valence-electron chi connectivity index (χ3n) is 7.97. The van der Waals surface area contributed by atoms with E-state index in [1.165, 1.54) is 22.6 Å². The quantitative estimate of drug-likeness (QED) is 0.199. The smallest absolute Gasteiger partial charge is 0.253 e. The average molecular weight is 637 g/mol. The number of halogens is 2. The predicted octanol–water partition coefficient (Wildman–Crippen LogP) is 5.69. The summed E-state index contributed by atoms with van der Waals surface area (Å²) in [5, 5.41) is 14.7. The second-order valence-corrected chi connectivity index (χ2v) is 12.3. The number of likely N-dealkylation sites (N-methyl/N-ethyl adjacent to an activating group) is 1. The van der Waals surface area contributed by atoms with Crippen LogP contribution in [0.1, 0.15) is 76.6 Å². The Balaban J connectivity index is 1.93. The van der Waals surface area contributed by atoms with Gasteiger partial charge in [-0.25, -0.2) is 8.78 Å². The number of nitrogens with zero attached hydrogens (tertiary/aromatic N) is 3. The molecule has 2 amide bonds. The third kappa shape index (κ3) is 10.7. The van der Waals surface area contributed by atoms with Gasteiger partial charge in [0.2, 0.25) is 0 Å². The fourth-order valence-corrected chi connectivity index (χ4v) is 5.75. The Morgan fingerprint density at radius 2 is 1.39 bits per heavy atom. The molecule has 0 saturated heterocycles. The second kappa shape index (κ2) is 17.9. The van der Waals surface area contributed by atoms with Crippen LogP contribution in [-0.4, -0.2) is 84.5 Å². The Labute approximate surface area is 273 Å². The Morgan fingerprint density at radius 1 is 0.783 bits per heavy atom. The van der Waals surface area contributed by atoms with E-state index in [1.54, 1.807) is 24.1 Å². The second-order valence-electron chi connectivity index (χ2n) is 12.3. The summed E-state index contributed by atoms with van der Waals surface area (Å²) in [6.07, 6.45) is 1.50. The molecule has 0 aromatic heterocycles. The van der Waals surface area contributed by atoms with Gasteiger partial charge in [0.25, 0.3) is 11.8 Å². The Morgan fingerprint density at radius 3 is 1.98 bits per heavy atom. The first-order chi connectivity index (χ1) is 21.9. The van der Waals surface area contributed by atoms with Crippen LogP contribution in [0.5, 0.6) is 0 Å². The number of hydrogen-bond acceptors (Lipinski definition) is 5. The summed E-state index contributed by atoms with van der Waals surface area (Å²) < 4.78 is 28.3. The van der Waals surface area contributed by atoms with Gasteiger partial charge < -0.3 is 25.1 Å². The summed E-state index contributed by atoms with van der Waals surface area (Å²) in [4.78, 5) is 32.9. The van der Waals surface area contributed by atoms with E-state index in [2.05, 4.69) is 24.4 Å². The van der Waals surface area contributed by atoms with E-state index in [0.717, 1.165) is 36.5 Å². The number of hydrogen-bond donors (Lipinski definition) is 2. The van der Waals surface area contributed by atoms with E-state index in [4.69, 9.17) is 0 Å². The van der Waals surface area contributed by atoms with Gasteiger partial charge >= 0.3 is 0 Å². The summed E-state index contributed by atoms with van der Waals surface area (Å²) in [5.41, 5.74) is 4.14. The van der Waals surface area contributed by atoms with Crippen molar-refractivity contribution < 1.29 is 23.5 Å². The topological polar surface area (TPSA) is 76.1 Å². The molecule has 0 unspecified atom stereocenters. The van der Waals surface area contributed by atoms with E-state index >= 15 is 0 Å². The molecule has 0 aliphatic carbocycles. The molecule has 0 fully saturated rings. The summed E-state index contributed by atoms with van der Waals surface area (Å²) in [7, 11) is 5.41. The van der Waals surface area contributed by atoms with Gasteiger partial charge in [-0.3, -0.25) is 9.59 Å². The minimum absolute atomic E-state index is 0.0229. The zero-order chi connectivity index (χ0) is 33.8. The van der Waals surface area contributed by atoms with Crippen molar-refractivity contribution in [3.63, 3.8) is 0 Å². The lowest BCUT2D eigenvalue weighted by atomic mass is 9.97. The fourth-order valence-electron chi connectivity index (χ4n) is 5.75. The van der Waals surface area contributed by atoms with Gasteiger partial charge in [0.05, 0.1) is 12.1 Å². The van der Waals surface area contributed by atoms with Crippen molar-refractivity contribution in [1.82, 2.24) is 20.0 Å². The first-order valence-electron chi connectivity index (χ1n) is 16.2. The highest BCUT2D eigenvalue weighted by Crippen LogP contribution is 2.21. The lowest BCUT2D eigenvalue weighted by Crippen LogP contribution is -2.49. The van der Waals surface area contributed by atoms with Crippen molar-refractivity contribution in [1.29, 1.82) is 0 Å². The van der Waals surface area contributed by atoms with Gasteiger partial charge in [-0.05, 0) is 92.4 Å². The fraction of sp³-hybridized carbons (Fsp3) is 0.459. The summed E-state index contributed by atoms with van der Waals surface area (Å²) in [6.45, 7) is 8.53. The standard InChI is InChI=1S/C37H50F2N4O3/c1-7-13-43(14-8-2)37(46)31-17-29(25-41(4)5)16-30(21-31)36(45)42(6)34(20-28-18-32(38)22-33(39)19-28)35(44)24-40-23-27-12-10-11-26(9-3)15-27/h10-12,15-19,21-22,34-35,40,44H,7-9,13-14,20,23-25H2,1-6H3/t34-,35+/m0/s1. The molecule has 2 N–H and O–H groups in total. The summed E-state index contributed by atoms with van der Waals surface area (Å²) in [6, 6.07) is 15.8. The first-order valence-corrected chi connectivity index (χ1v) is 16.2. The highest BCUT2D eigenvalue weighted by molar-refractivity contribution is 6.00. The first kappa shape index (κ1) is 36.8. The van der Waals surface area contributed by atoms with Gasteiger partial charge in [-0.15, -0.1) is 0 Å². The molecule has 3 aromatic carbocycles. The monoisotopic (exact) mass is 636 g/mol. The van der Waals surface area contributed by atoms with Crippen molar-refractivity contribution >= 4 is 11.8 Å². The largest absolute Gasteiger partial charge is 0.390 e.